The maximum atomic E-state index is 14.2. The lowest BCUT2D eigenvalue weighted by atomic mass is 9.95. The molecular weight excluding hydrogens is 706 g/mol. The summed E-state index contributed by atoms with van der Waals surface area (Å²) in [6.45, 7) is 6.74. The minimum Gasteiger partial charge on any atom is -0.494 e. The molecule has 16 heteroatoms. The van der Waals surface area contributed by atoms with Gasteiger partial charge in [0, 0.05) is 36.5 Å². The minimum absolute atomic E-state index is 0.0745. The number of nitrogens with one attached hydrogen (secondary N) is 2. The Bertz CT molecular complexity index is 2110. The second kappa shape index (κ2) is 16.4. The van der Waals surface area contributed by atoms with E-state index in [0.717, 1.165) is 17.3 Å². The van der Waals surface area contributed by atoms with Gasteiger partial charge < -0.3 is 15.0 Å². The van der Waals surface area contributed by atoms with Crippen molar-refractivity contribution < 1.29 is 31.9 Å². The number of likely N-dealkylation sites (N-methyl/N-ethyl adjacent to an activating group) is 1. The molecule has 0 aliphatic carbocycles. The van der Waals surface area contributed by atoms with Crippen molar-refractivity contribution in [2.75, 3.05) is 36.0 Å². The molecule has 2 amide bonds. The molecule has 0 saturated heterocycles. The highest BCUT2D eigenvalue weighted by molar-refractivity contribution is 6.01. The van der Waals surface area contributed by atoms with Gasteiger partial charge in [0.1, 0.15) is 23.6 Å². The number of halogens is 4. The van der Waals surface area contributed by atoms with E-state index in [1.807, 2.05) is 37.8 Å². The third-order valence-corrected chi connectivity index (χ3v) is 9.16. The van der Waals surface area contributed by atoms with Gasteiger partial charge in [-0.15, -0.1) is 0 Å². The van der Waals surface area contributed by atoms with Crippen LogP contribution in [0.5, 0.6) is 5.75 Å². The average Bonchev–Trinajstić information content (AvgIpc) is 3.70. The van der Waals surface area contributed by atoms with Gasteiger partial charge in [-0.2, -0.15) is 18.3 Å². The first-order chi connectivity index (χ1) is 26.0. The van der Waals surface area contributed by atoms with Gasteiger partial charge in [-0.3, -0.25) is 19.6 Å². The number of carbonyl (C=O) groups is 2. The van der Waals surface area contributed by atoms with E-state index in [1.54, 1.807) is 35.4 Å². The fourth-order valence-electron chi connectivity index (χ4n) is 6.33. The van der Waals surface area contributed by atoms with Crippen LogP contribution in [0.3, 0.4) is 0 Å². The molecule has 1 aliphatic heterocycles. The van der Waals surface area contributed by atoms with Gasteiger partial charge in [-0.1, -0.05) is 19.1 Å². The molecule has 4 heterocycles. The number of hydrogen-bond acceptors (Lipinski definition) is 9. The van der Waals surface area contributed by atoms with Crippen molar-refractivity contribution >= 4 is 23.5 Å². The minimum atomic E-state index is -4.63. The van der Waals surface area contributed by atoms with Crippen LogP contribution in [-0.4, -0.2) is 68.2 Å². The molecule has 282 valence electrons. The van der Waals surface area contributed by atoms with Crippen molar-refractivity contribution in [2.45, 2.75) is 58.7 Å². The number of amides is 2. The Morgan fingerprint density at radius 3 is 2.57 bits per heavy atom. The van der Waals surface area contributed by atoms with E-state index < -0.39 is 29.4 Å². The van der Waals surface area contributed by atoms with E-state index in [-0.39, 0.29) is 24.6 Å². The van der Waals surface area contributed by atoms with Gasteiger partial charge in [0.25, 0.3) is 0 Å². The number of fused-ring (bicyclic) bond motifs is 1. The zero-order valence-corrected chi connectivity index (χ0v) is 30.0. The van der Waals surface area contributed by atoms with Gasteiger partial charge in [-0.05, 0) is 81.1 Å². The van der Waals surface area contributed by atoms with Gasteiger partial charge in [0.05, 0.1) is 36.5 Å². The smallest absolute Gasteiger partial charge is 0.416 e. The topological polar surface area (TPSA) is 142 Å². The largest absolute Gasteiger partial charge is 0.494 e. The second-order valence-electron chi connectivity index (χ2n) is 12.7. The Morgan fingerprint density at radius 1 is 1.02 bits per heavy atom. The molecule has 12 nitrogen and oxygen atoms in total. The van der Waals surface area contributed by atoms with E-state index in [9.17, 15) is 27.2 Å². The molecule has 1 atom stereocenters. The highest BCUT2D eigenvalue weighted by atomic mass is 19.4. The molecular formula is C38H39F4N9O3. The highest BCUT2D eigenvalue weighted by Crippen LogP contribution is 2.34. The molecule has 6 rings (SSSR count). The molecule has 1 aliphatic rings. The lowest BCUT2D eigenvalue weighted by Crippen LogP contribution is -2.47. The highest BCUT2D eigenvalue weighted by Gasteiger charge is 2.32. The Morgan fingerprint density at radius 2 is 1.85 bits per heavy atom. The summed E-state index contributed by atoms with van der Waals surface area (Å²) in [5, 5.41) is 9.27. The van der Waals surface area contributed by atoms with Crippen molar-refractivity contribution in [3.05, 3.63) is 95.3 Å². The number of pyridine rings is 1. The molecule has 0 radical (unpaired) electrons. The summed E-state index contributed by atoms with van der Waals surface area (Å²) in [6.07, 6.45) is 0.248. The Hall–Kier alpha value is -5.93. The quantitative estimate of drug-likeness (QED) is 0.0946. The monoisotopic (exact) mass is 745 g/mol. The Balaban J connectivity index is 1.04. The number of H-pyrrole nitrogens is 1. The summed E-state index contributed by atoms with van der Waals surface area (Å²) >= 11 is 0. The van der Waals surface area contributed by atoms with Crippen LogP contribution in [0.25, 0.3) is 22.8 Å². The number of alkyl halides is 3. The summed E-state index contributed by atoms with van der Waals surface area (Å²) in [6, 6.07) is 12.9. The standard InChI is InChI=1S/C38H39F4N9O3/c1-4-28(37(53)44-19-25-17-26(38(40,41)42)11-13-30(25)39)24-9-8-10-27(18-24)54-16-7-6-15-50-21-33(52)51(5-2)36-35(50)43-20-32(48-36)29-12-14-31(47-23(29)3)34-45-22-46-49-34/h8-14,17-18,20,22,28H,4-7,15-16,19,21H2,1-3H3,(H,44,53)(H,45,46,49)/t28-/m0/s1. The molecule has 54 heavy (non-hydrogen) atoms. The van der Waals surface area contributed by atoms with E-state index >= 15 is 0 Å². The normalized spacial score (nSPS) is 13.5. The van der Waals surface area contributed by atoms with Crippen molar-refractivity contribution in [1.82, 2.24) is 35.5 Å². The van der Waals surface area contributed by atoms with E-state index in [2.05, 4.69) is 25.5 Å². The van der Waals surface area contributed by atoms with Crippen LogP contribution in [0.1, 0.15) is 61.4 Å². The van der Waals surface area contributed by atoms with Crippen molar-refractivity contribution in [2.24, 2.45) is 0 Å². The summed E-state index contributed by atoms with van der Waals surface area (Å²) in [4.78, 5) is 48.2. The summed E-state index contributed by atoms with van der Waals surface area (Å²) in [5.41, 5.74) is 2.18. The third-order valence-electron chi connectivity index (χ3n) is 9.16. The van der Waals surface area contributed by atoms with E-state index in [0.29, 0.717) is 91.3 Å². The van der Waals surface area contributed by atoms with Crippen LogP contribution < -0.4 is 19.9 Å². The number of hydrogen-bond donors (Lipinski definition) is 2. The van der Waals surface area contributed by atoms with Crippen molar-refractivity contribution in [3.8, 4) is 28.5 Å². The molecule has 0 unspecified atom stereocenters. The number of benzene rings is 2. The first-order valence-corrected chi connectivity index (χ1v) is 17.6. The zero-order chi connectivity index (χ0) is 38.4. The molecule has 0 bridgehead atoms. The Kier molecular flexibility index (Phi) is 11.5. The van der Waals surface area contributed by atoms with Crippen LogP contribution >= 0.6 is 0 Å². The molecule has 0 saturated carbocycles. The van der Waals surface area contributed by atoms with Crippen molar-refractivity contribution in [3.63, 3.8) is 0 Å². The summed E-state index contributed by atoms with van der Waals surface area (Å²) in [5.74, 6) is 0.259. The maximum absolute atomic E-state index is 14.2. The number of ether oxygens (including phenoxy) is 1. The molecule has 5 aromatic rings. The van der Waals surface area contributed by atoms with Gasteiger partial charge >= 0.3 is 6.18 Å². The fraction of sp³-hybridized carbons (Fsp3) is 0.342. The predicted molar refractivity (Wildman–Crippen MR) is 193 cm³/mol. The number of aromatic amines is 1. The van der Waals surface area contributed by atoms with Gasteiger partial charge in [-0.25, -0.2) is 24.3 Å². The molecule has 0 fully saturated rings. The second-order valence-corrected chi connectivity index (χ2v) is 12.7. The number of nitrogens with zero attached hydrogens (tertiary/aromatic N) is 7. The number of unbranched alkanes of at least 4 members (excludes halogenated alkanes) is 1. The fourth-order valence-corrected chi connectivity index (χ4v) is 6.33. The van der Waals surface area contributed by atoms with Gasteiger partial charge in [0.15, 0.2) is 17.5 Å². The number of aryl methyl sites for hydroxylation is 1. The molecule has 3 aromatic heterocycles. The van der Waals surface area contributed by atoms with E-state index in [4.69, 9.17) is 14.7 Å². The lowest BCUT2D eigenvalue weighted by Gasteiger charge is -2.35. The van der Waals surface area contributed by atoms with Crippen LogP contribution in [-0.2, 0) is 22.3 Å². The van der Waals surface area contributed by atoms with Crippen LogP contribution in [0, 0.1) is 12.7 Å². The van der Waals surface area contributed by atoms with Crippen LogP contribution in [0.2, 0.25) is 0 Å². The third kappa shape index (κ3) is 8.48. The molecule has 0 spiro atoms. The predicted octanol–water partition coefficient (Wildman–Crippen LogP) is 6.63. The lowest BCUT2D eigenvalue weighted by molar-refractivity contribution is -0.137. The number of carbonyl (C=O) groups excluding carboxylic acids is 2. The van der Waals surface area contributed by atoms with Gasteiger partial charge in [0.2, 0.25) is 11.8 Å². The maximum Gasteiger partial charge on any atom is 0.416 e. The number of aromatic nitrogens is 6. The van der Waals surface area contributed by atoms with E-state index in [1.165, 1.54) is 6.33 Å². The number of rotatable bonds is 14. The SMILES string of the molecule is CC[C@H](C(=O)NCc1cc(C(F)(F)F)ccc1F)c1cccc(OCCCCN2CC(=O)N(CC)c3nc(-c4ccc(-c5ncn[nH]5)nc4C)cnc32)c1. The number of anilines is 2. The first kappa shape index (κ1) is 37.8. The molecule has 2 aromatic carbocycles. The Labute approximate surface area is 309 Å². The zero-order valence-electron chi connectivity index (χ0n) is 30.0. The first-order valence-electron chi connectivity index (χ1n) is 17.6. The summed E-state index contributed by atoms with van der Waals surface area (Å²) in [7, 11) is 0. The van der Waals surface area contributed by atoms with Crippen LogP contribution in [0.15, 0.2) is 67.1 Å². The van der Waals surface area contributed by atoms with Crippen LogP contribution in [0.4, 0.5) is 29.2 Å². The molecule has 2 N–H and O–H groups in total. The average molecular weight is 746 g/mol. The summed E-state index contributed by atoms with van der Waals surface area (Å²) < 4.78 is 59.6. The van der Waals surface area contributed by atoms with Crippen molar-refractivity contribution in [1.29, 1.82) is 0 Å².